The van der Waals surface area contributed by atoms with E-state index in [1.165, 1.54) is 69.8 Å². The molecule has 0 unspecified atom stereocenters. The van der Waals surface area contributed by atoms with Crippen molar-refractivity contribution in [1.82, 2.24) is 0 Å². The van der Waals surface area contributed by atoms with E-state index in [1.807, 2.05) is 30.3 Å². The van der Waals surface area contributed by atoms with Crippen molar-refractivity contribution in [2.75, 3.05) is 5.73 Å². The summed E-state index contributed by atoms with van der Waals surface area (Å²) in [5.41, 5.74) is 9.78. The third-order valence-corrected chi connectivity index (χ3v) is 5.95. The minimum absolute atomic E-state index is 0.653. The van der Waals surface area contributed by atoms with Gasteiger partial charge in [-0.05, 0) is 42.0 Å². The molecular weight excluding hydrogens is 378 g/mol. The monoisotopic (exact) mass is 415 g/mol. The van der Waals surface area contributed by atoms with E-state index in [-0.39, 0.29) is 0 Å². The lowest BCUT2D eigenvalue weighted by Crippen LogP contribution is -1.87. The van der Waals surface area contributed by atoms with Gasteiger partial charge in [0.25, 0.3) is 0 Å². The van der Waals surface area contributed by atoms with E-state index >= 15 is 0 Å². The number of azo groups is 1. The Kier molecular flexibility index (Phi) is 9.56. The van der Waals surface area contributed by atoms with Crippen LogP contribution in [0.2, 0.25) is 0 Å². The van der Waals surface area contributed by atoms with Crippen LogP contribution in [0.15, 0.2) is 70.9 Å². The Balaban J connectivity index is 1.41. The number of anilines is 1. The molecule has 0 aliphatic rings. The van der Waals surface area contributed by atoms with E-state index < -0.39 is 0 Å². The Morgan fingerprint density at radius 3 is 2.00 bits per heavy atom. The summed E-state index contributed by atoms with van der Waals surface area (Å²) >= 11 is 0. The fourth-order valence-corrected chi connectivity index (χ4v) is 4.04. The van der Waals surface area contributed by atoms with Crippen molar-refractivity contribution in [3.8, 4) is 0 Å². The first-order valence-electron chi connectivity index (χ1n) is 12.1. The van der Waals surface area contributed by atoms with E-state index in [0.717, 1.165) is 28.6 Å². The van der Waals surface area contributed by atoms with Gasteiger partial charge in [-0.3, -0.25) is 0 Å². The molecule has 0 spiro atoms. The summed E-state index contributed by atoms with van der Waals surface area (Å²) in [7, 11) is 0. The maximum absolute atomic E-state index is 6.15. The van der Waals surface area contributed by atoms with Crippen molar-refractivity contribution in [3.63, 3.8) is 0 Å². The fraction of sp³-hybridized carbons (Fsp3) is 0.429. The molecule has 3 rings (SSSR count). The van der Waals surface area contributed by atoms with Gasteiger partial charge in [0.2, 0.25) is 0 Å². The molecular formula is C28H37N3. The molecule has 3 aromatic carbocycles. The number of nitrogens with two attached hydrogens (primary N) is 1. The Hall–Kier alpha value is -2.68. The molecule has 0 aliphatic heterocycles. The highest BCUT2D eigenvalue weighted by molar-refractivity contribution is 5.97. The van der Waals surface area contributed by atoms with Crippen molar-refractivity contribution in [2.45, 2.75) is 77.6 Å². The lowest BCUT2D eigenvalue weighted by molar-refractivity contribution is 0.556. The number of rotatable bonds is 13. The second kappa shape index (κ2) is 12.9. The molecule has 0 atom stereocenters. The topological polar surface area (TPSA) is 50.7 Å². The third-order valence-electron chi connectivity index (χ3n) is 5.95. The van der Waals surface area contributed by atoms with E-state index in [0.29, 0.717) is 5.69 Å². The molecule has 0 saturated heterocycles. The lowest BCUT2D eigenvalue weighted by Gasteiger charge is -2.05. The van der Waals surface area contributed by atoms with E-state index in [4.69, 9.17) is 5.73 Å². The molecule has 0 aromatic heterocycles. The second-order valence-corrected chi connectivity index (χ2v) is 8.52. The first-order valence-corrected chi connectivity index (χ1v) is 12.1. The number of aryl methyl sites for hydroxylation is 1. The van der Waals surface area contributed by atoms with Crippen LogP contribution >= 0.6 is 0 Å². The van der Waals surface area contributed by atoms with Crippen molar-refractivity contribution in [2.24, 2.45) is 10.2 Å². The SMILES string of the molecule is CCCCCCCCCCCCc1ccc(N=Nc2c(N)ccc3ccccc23)cc1. The molecule has 0 saturated carbocycles. The van der Waals surface area contributed by atoms with E-state index in [2.05, 4.69) is 47.5 Å². The Morgan fingerprint density at radius 2 is 1.29 bits per heavy atom. The number of benzene rings is 3. The van der Waals surface area contributed by atoms with Gasteiger partial charge in [0.1, 0.15) is 5.69 Å². The number of nitrogens with zero attached hydrogens (tertiary/aromatic N) is 2. The molecule has 0 heterocycles. The Bertz CT molecular complexity index is 944. The van der Waals surface area contributed by atoms with Crippen LogP contribution in [-0.2, 0) is 6.42 Å². The zero-order valence-electron chi connectivity index (χ0n) is 19.0. The zero-order valence-corrected chi connectivity index (χ0v) is 19.0. The number of fused-ring (bicyclic) bond motifs is 1. The smallest absolute Gasteiger partial charge is 0.116 e. The van der Waals surface area contributed by atoms with Crippen molar-refractivity contribution >= 4 is 27.8 Å². The maximum Gasteiger partial charge on any atom is 0.116 e. The Morgan fingerprint density at radius 1 is 0.645 bits per heavy atom. The van der Waals surface area contributed by atoms with Gasteiger partial charge in [0.05, 0.1) is 11.4 Å². The minimum Gasteiger partial charge on any atom is -0.397 e. The predicted octanol–water partition coefficient (Wildman–Crippen LogP) is 9.30. The second-order valence-electron chi connectivity index (χ2n) is 8.52. The molecule has 0 fully saturated rings. The minimum atomic E-state index is 0.653. The van der Waals surface area contributed by atoms with Gasteiger partial charge in [-0.1, -0.05) is 107 Å². The molecule has 31 heavy (non-hydrogen) atoms. The molecule has 2 N–H and O–H groups in total. The first kappa shape index (κ1) is 23.0. The molecule has 164 valence electrons. The first-order chi connectivity index (χ1) is 15.3. The van der Waals surface area contributed by atoms with Gasteiger partial charge in [-0.2, -0.15) is 5.11 Å². The van der Waals surface area contributed by atoms with Gasteiger partial charge in [0.15, 0.2) is 0 Å². The Labute approximate surface area is 187 Å². The largest absolute Gasteiger partial charge is 0.397 e. The van der Waals surface area contributed by atoms with E-state index in [9.17, 15) is 0 Å². The van der Waals surface area contributed by atoms with Gasteiger partial charge >= 0.3 is 0 Å². The summed E-state index contributed by atoms with van der Waals surface area (Å²) in [4.78, 5) is 0. The van der Waals surface area contributed by atoms with Crippen LogP contribution in [0.25, 0.3) is 10.8 Å². The molecule has 3 aromatic rings. The lowest BCUT2D eigenvalue weighted by atomic mass is 10.0. The highest BCUT2D eigenvalue weighted by Gasteiger charge is 2.04. The standard InChI is InChI=1S/C28H37N3/c1-2-3-4-5-6-7-8-9-10-11-14-23-17-20-25(21-18-23)30-31-28-26-16-13-12-15-24(26)19-22-27(28)29/h12-13,15-22H,2-11,14,29H2,1H3. The molecule has 0 amide bonds. The van der Waals surface area contributed by atoms with Crippen LogP contribution in [0.1, 0.15) is 76.7 Å². The third kappa shape index (κ3) is 7.50. The average Bonchev–Trinajstić information content (AvgIpc) is 2.80. The molecule has 0 bridgehead atoms. The van der Waals surface area contributed by atoms with Gasteiger partial charge < -0.3 is 5.73 Å². The average molecular weight is 416 g/mol. The molecule has 0 aliphatic carbocycles. The van der Waals surface area contributed by atoms with Gasteiger partial charge in [-0.25, -0.2) is 0 Å². The fourth-order valence-electron chi connectivity index (χ4n) is 4.04. The number of hydrogen-bond donors (Lipinski definition) is 1. The van der Waals surface area contributed by atoms with Crippen molar-refractivity contribution < 1.29 is 0 Å². The number of hydrogen-bond acceptors (Lipinski definition) is 3. The van der Waals surface area contributed by atoms with Crippen LogP contribution in [-0.4, -0.2) is 0 Å². The zero-order chi connectivity index (χ0) is 21.7. The summed E-state index contributed by atoms with van der Waals surface area (Å²) in [5, 5.41) is 11.0. The predicted molar refractivity (Wildman–Crippen MR) is 135 cm³/mol. The molecule has 3 heteroatoms. The highest BCUT2D eigenvalue weighted by atomic mass is 15.1. The van der Waals surface area contributed by atoms with Gasteiger partial charge in [0, 0.05) is 5.39 Å². The van der Waals surface area contributed by atoms with Crippen LogP contribution in [0.3, 0.4) is 0 Å². The maximum atomic E-state index is 6.15. The summed E-state index contributed by atoms with van der Waals surface area (Å²) in [6.45, 7) is 2.28. The van der Waals surface area contributed by atoms with Crippen molar-refractivity contribution in [1.29, 1.82) is 0 Å². The van der Waals surface area contributed by atoms with Gasteiger partial charge in [-0.15, -0.1) is 5.11 Å². The van der Waals surface area contributed by atoms with E-state index in [1.54, 1.807) is 0 Å². The summed E-state index contributed by atoms with van der Waals surface area (Å²) in [6.07, 6.45) is 14.9. The summed E-state index contributed by atoms with van der Waals surface area (Å²) < 4.78 is 0. The quantitative estimate of drug-likeness (QED) is 0.169. The van der Waals surface area contributed by atoms with Crippen LogP contribution < -0.4 is 5.73 Å². The molecule has 3 nitrogen and oxygen atoms in total. The molecule has 0 radical (unpaired) electrons. The summed E-state index contributed by atoms with van der Waals surface area (Å²) in [5.74, 6) is 0. The number of nitrogen functional groups attached to an aromatic ring is 1. The number of unbranched alkanes of at least 4 members (excludes halogenated alkanes) is 9. The summed E-state index contributed by atoms with van der Waals surface area (Å²) in [6, 6.07) is 20.5. The normalized spacial score (nSPS) is 11.5. The highest BCUT2D eigenvalue weighted by Crippen LogP contribution is 2.33. The van der Waals surface area contributed by atoms with Crippen LogP contribution in [0.4, 0.5) is 17.1 Å². The van der Waals surface area contributed by atoms with Crippen LogP contribution in [0.5, 0.6) is 0 Å². The van der Waals surface area contributed by atoms with Crippen LogP contribution in [0, 0.1) is 0 Å². The van der Waals surface area contributed by atoms with Crippen molar-refractivity contribution in [3.05, 3.63) is 66.2 Å².